The lowest BCUT2D eigenvalue weighted by Gasteiger charge is -2.12. The van der Waals surface area contributed by atoms with Gasteiger partial charge in [-0.05, 0) is 55.2 Å². The second-order valence-electron chi connectivity index (χ2n) is 4.70. The van der Waals surface area contributed by atoms with Crippen molar-refractivity contribution in [3.05, 3.63) is 63.7 Å². The van der Waals surface area contributed by atoms with Crippen molar-refractivity contribution >= 4 is 17.3 Å². The summed E-state index contributed by atoms with van der Waals surface area (Å²) in [5, 5.41) is 4.15. The van der Waals surface area contributed by atoms with Crippen LogP contribution in [-0.4, -0.2) is 0 Å². The summed E-state index contributed by atoms with van der Waals surface area (Å²) in [6.07, 6.45) is 0. The molecule has 2 rings (SSSR count). The minimum absolute atomic E-state index is 0.763. The molecule has 0 aromatic heterocycles. The van der Waals surface area contributed by atoms with Gasteiger partial charge in [0.15, 0.2) is 0 Å². The Morgan fingerprint density at radius 3 is 2.33 bits per heavy atom. The van der Waals surface area contributed by atoms with Gasteiger partial charge in [-0.1, -0.05) is 35.9 Å². The molecule has 1 nitrogen and oxygen atoms in total. The van der Waals surface area contributed by atoms with E-state index < -0.39 is 0 Å². The van der Waals surface area contributed by atoms with Gasteiger partial charge in [-0.25, -0.2) is 0 Å². The molecule has 0 saturated carbocycles. The van der Waals surface area contributed by atoms with Gasteiger partial charge < -0.3 is 5.32 Å². The second kappa shape index (κ2) is 5.45. The second-order valence-corrected chi connectivity index (χ2v) is 5.10. The van der Waals surface area contributed by atoms with Gasteiger partial charge >= 0.3 is 0 Å². The topological polar surface area (TPSA) is 12.0 Å². The van der Waals surface area contributed by atoms with Gasteiger partial charge in [-0.15, -0.1) is 0 Å². The van der Waals surface area contributed by atoms with Crippen molar-refractivity contribution in [2.75, 3.05) is 5.32 Å². The molecule has 0 aliphatic carbocycles. The molecular weight excluding hydrogens is 242 g/mol. The van der Waals surface area contributed by atoms with E-state index in [1.54, 1.807) is 0 Å². The Bertz CT molecular complexity index is 561. The van der Waals surface area contributed by atoms with Gasteiger partial charge in [0.05, 0.1) is 10.7 Å². The van der Waals surface area contributed by atoms with Crippen molar-refractivity contribution in [3.8, 4) is 0 Å². The van der Waals surface area contributed by atoms with E-state index >= 15 is 0 Å². The normalized spacial score (nSPS) is 10.4. The maximum absolute atomic E-state index is 6.12. The summed E-state index contributed by atoms with van der Waals surface area (Å²) in [6.45, 7) is 7.24. The van der Waals surface area contributed by atoms with E-state index in [1.807, 2.05) is 24.3 Å². The molecule has 0 aliphatic rings. The van der Waals surface area contributed by atoms with Crippen molar-refractivity contribution in [3.63, 3.8) is 0 Å². The first-order valence-electron chi connectivity index (χ1n) is 6.13. The van der Waals surface area contributed by atoms with Crippen LogP contribution >= 0.6 is 11.6 Å². The fraction of sp³-hybridized carbons (Fsp3) is 0.250. The van der Waals surface area contributed by atoms with E-state index in [9.17, 15) is 0 Å². The summed E-state index contributed by atoms with van der Waals surface area (Å²) in [5.41, 5.74) is 6.29. The Morgan fingerprint density at radius 1 is 0.944 bits per heavy atom. The fourth-order valence-electron chi connectivity index (χ4n) is 2.01. The number of para-hydroxylation sites is 1. The van der Waals surface area contributed by atoms with Crippen LogP contribution in [0.3, 0.4) is 0 Å². The molecule has 94 valence electrons. The van der Waals surface area contributed by atoms with E-state index in [2.05, 4.69) is 38.2 Å². The Kier molecular flexibility index (Phi) is 3.93. The highest BCUT2D eigenvalue weighted by Crippen LogP contribution is 2.22. The zero-order chi connectivity index (χ0) is 13.1. The zero-order valence-electron chi connectivity index (χ0n) is 11.0. The van der Waals surface area contributed by atoms with Crippen LogP contribution in [0.4, 0.5) is 5.69 Å². The van der Waals surface area contributed by atoms with Crippen molar-refractivity contribution in [1.82, 2.24) is 0 Å². The fourth-order valence-corrected chi connectivity index (χ4v) is 2.21. The minimum Gasteiger partial charge on any atom is -0.380 e. The van der Waals surface area contributed by atoms with Crippen molar-refractivity contribution in [2.24, 2.45) is 0 Å². The molecule has 2 heteroatoms. The molecule has 0 amide bonds. The van der Waals surface area contributed by atoms with Crippen LogP contribution < -0.4 is 5.32 Å². The van der Waals surface area contributed by atoms with E-state index in [0.29, 0.717) is 0 Å². The number of hydrogen-bond acceptors (Lipinski definition) is 1. The van der Waals surface area contributed by atoms with Crippen LogP contribution in [-0.2, 0) is 6.54 Å². The molecule has 18 heavy (non-hydrogen) atoms. The minimum atomic E-state index is 0.763. The van der Waals surface area contributed by atoms with Crippen molar-refractivity contribution in [1.29, 1.82) is 0 Å². The molecule has 2 aromatic carbocycles. The van der Waals surface area contributed by atoms with E-state index in [-0.39, 0.29) is 0 Å². The van der Waals surface area contributed by atoms with E-state index in [4.69, 9.17) is 11.6 Å². The third kappa shape index (κ3) is 2.85. The molecule has 1 N–H and O–H groups in total. The van der Waals surface area contributed by atoms with Gasteiger partial charge in [0.2, 0.25) is 0 Å². The lowest BCUT2D eigenvalue weighted by atomic mass is 10.0. The molecule has 0 aliphatic heterocycles. The van der Waals surface area contributed by atoms with Gasteiger partial charge in [-0.2, -0.15) is 0 Å². The van der Waals surface area contributed by atoms with Gasteiger partial charge in [0.1, 0.15) is 0 Å². The average molecular weight is 260 g/mol. The summed E-state index contributed by atoms with van der Waals surface area (Å²) < 4.78 is 0. The molecule has 0 atom stereocenters. The van der Waals surface area contributed by atoms with E-state index in [0.717, 1.165) is 17.3 Å². The first-order chi connectivity index (χ1) is 8.58. The predicted octanol–water partition coefficient (Wildman–Crippen LogP) is 4.88. The molecule has 0 heterocycles. The first-order valence-corrected chi connectivity index (χ1v) is 6.51. The third-order valence-electron chi connectivity index (χ3n) is 3.30. The van der Waals surface area contributed by atoms with Crippen molar-refractivity contribution in [2.45, 2.75) is 27.3 Å². The number of hydrogen-bond donors (Lipinski definition) is 1. The van der Waals surface area contributed by atoms with Crippen LogP contribution in [0, 0.1) is 20.8 Å². The monoisotopic (exact) mass is 259 g/mol. The van der Waals surface area contributed by atoms with Crippen molar-refractivity contribution < 1.29 is 0 Å². The molecule has 0 fully saturated rings. The van der Waals surface area contributed by atoms with Crippen LogP contribution in [0.25, 0.3) is 0 Å². The van der Waals surface area contributed by atoms with Gasteiger partial charge in [0, 0.05) is 6.54 Å². The zero-order valence-corrected chi connectivity index (χ0v) is 11.8. The molecule has 0 spiro atoms. The molecular formula is C16H18ClN. The van der Waals surface area contributed by atoms with Gasteiger partial charge in [-0.3, -0.25) is 0 Å². The summed E-state index contributed by atoms with van der Waals surface area (Å²) >= 11 is 6.12. The van der Waals surface area contributed by atoms with Crippen LogP contribution in [0.1, 0.15) is 22.3 Å². The molecule has 0 unspecified atom stereocenters. The Hall–Kier alpha value is -1.47. The van der Waals surface area contributed by atoms with Crippen LogP contribution in [0.5, 0.6) is 0 Å². The number of nitrogens with one attached hydrogen (secondary N) is 1. The average Bonchev–Trinajstić information content (AvgIpc) is 2.34. The SMILES string of the molecule is Cc1cc(C)c(CNc2ccccc2Cl)cc1C. The Labute approximate surface area is 114 Å². The number of benzene rings is 2. The standard InChI is InChI=1S/C16H18ClN/c1-11-8-13(3)14(9-12(11)2)10-18-16-7-5-4-6-15(16)17/h4-9,18H,10H2,1-3H3. The maximum atomic E-state index is 6.12. The summed E-state index contributed by atoms with van der Waals surface area (Å²) in [4.78, 5) is 0. The number of halogens is 1. The lowest BCUT2D eigenvalue weighted by molar-refractivity contribution is 1.10. The molecule has 0 saturated heterocycles. The number of anilines is 1. The predicted molar refractivity (Wildman–Crippen MR) is 79.4 cm³/mol. The highest BCUT2D eigenvalue weighted by atomic mass is 35.5. The maximum Gasteiger partial charge on any atom is 0.0637 e. The quantitative estimate of drug-likeness (QED) is 0.829. The number of aryl methyl sites for hydroxylation is 3. The lowest BCUT2D eigenvalue weighted by Crippen LogP contribution is -2.02. The van der Waals surface area contributed by atoms with E-state index in [1.165, 1.54) is 22.3 Å². The highest BCUT2D eigenvalue weighted by Gasteiger charge is 2.03. The summed E-state index contributed by atoms with van der Waals surface area (Å²) in [5.74, 6) is 0. The third-order valence-corrected chi connectivity index (χ3v) is 3.63. The Balaban J connectivity index is 2.16. The van der Waals surface area contributed by atoms with Gasteiger partial charge in [0.25, 0.3) is 0 Å². The first kappa shape index (κ1) is 13.0. The highest BCUT2D eigenvalue weighted by molar-refractivity contribution is 6.33. The van der Waals surface area contributed by atoms with Crippen LogP contribution in [0.15, 0.2) is 36.4 Å². The largest absolute Gasteiger partial charge is 0.380 e. The van der Waals surface area contributed by atoms with Crippen LogP contribution in [0.2, 0.25) is 5.02 Å². The number of rotatable bonds is 3. The smallest absolute Gasteiger partial charge is 0.0637 e. The summed E-state index contributed by atoms with van der Waals surface area (Å²) in [7, 11) is 0. The molecule has 0 radical (unpaired) electrons. The Morgan fingerprint density at radius 2 is 1.61 bits per heavy atom. The molecule has 2 aromatic rings. The molecule has 0 bridgehead atoms. The summed E-state index contributed by atoms with van der Waals surface area (Å²) in [6, 6.07) is 12.3.